The number of hydrogen-bond donors (Lipinski definition) is 0. The second-order valence-electron chi connectivity index (χ2n) is 15.9. The van der Waals surface area contributed by atoms with Crippen molar-refractivity contribution in [3.63, 3.8) is 0 Å². The molecule has 0 spiro atoms. The summed E-state index contributed by atoms with van der Waals surface area (Å²) in [4.78, 5) is 2.69. The van der Waals surface area contributed by atoms with Crippen molar-refractivity contribution in [3.05, 3.63) is 182 Å². The zero-order valence-corrected chi connectivity index (χ0v) is 31.6. The second kappa shape index (κ2) is 10.9. The molecule has 0 saturated carbocycles. The number of fused-ring (bicyclic) bond motifs is 21. The van der Waals surface area contributed by atoms with Gasteiger partial charge in [-0.3, -0.25) is 0 Å². The average Bonchev–Trinajstić information content (AvgIpc) is 3.63. The number of nitrogens with zero attached hydrogens (tertiary/aromatic N) is 1. The summed E-state index contributed by atoms with van der Waals surface area (Å²) >= 11 is 1.93. The van der Waals surface area contributed by atoms with E-state index in [9.17, 15) is 0 Å². The van der Waals surface area contributed by atoms with E-state index in [1.807, 2.05) is 11.8 Å². The fourth-order valence-corrected chi connectivity index (χ4v) is 12.2. The van der Waals surface area contributed by atoms with Gasteiger partial charge in [-0.05, 0) is 100 Å². The molecule has 0 fully saturated rings. The Morgan fingerprint density at radius 1 is 0.351 bits per heavy atom. The summed E-state index contributed by atoms with van der Waals surface area (Å²) in [6.45, 7) is 0.0926. The van der Waals surface area contributed by atoms with Gasteiger partial charge in [0.25, 0.3) is 0 Å². The molecule has 0 N–H and O–H groups in total. The van der Waals surface area contributed by atoms with Crippen molar-refractivity contribution < 1.29 is 0 Å². The Balaban J connectivity index is 1.26. The van der Waals surface area contributed by atoms with Crippen molar-refractivity contribution in [2.75, 3.05) is 0 Å². The van der Waals surface area contributed by atoms with Gasteiger partial charge in [-0.2, -0.15) is 0 Å². The lowest BCUT2D eigenvalue weighted by molar-refractivity contribution is 1.17. The van der Waals surface area contributed by atoms with Crippen LogP contribution in [0.25, 0.3) is 103 Å². The molecule has 0 atom stereocenters. The van der Waals surface area contributed by atoms with E-state index < -0.39 is 0 Å². The molecule has 3 heteroatoms. The minimum atomic E-state index is 0.0926. The van der Waals surface area contributed by atoms with Crippen LogP contribution in [0.4, 0.5) is 0 Å². The maximum absolute atomic E-state index is 2.64. The van der Waals surface area contributed by atoms with Gasteiger partial charge < -0.3 is 4.57 Å². The van der Waals surface area contributed by atoms with Crippen molar-refractivity contribution in [1.29, 1.82) is 0 Å². The van der Waals surface area contributed by atoms with Crippen LogP contribution < -0.4 is 16.4 Å². The van der Waals surface area contributed by atoms with Gasteiger partial charge in [-0.15, -0.1) is 0 Å². The van der Waals surface area contributed by atoms with Crippen LogP contribution in [0.1, 0.15) is 0 Å². The average molecular weight is 736 g/mol. The summed E-state index contributed by atoms with van der Waals surface area (Å²) in [5.41, 5.74) is 10.6. The molecular formula is C54H30BNS. The molecule has 57 heavy (non-hydrogen) atoms. The Bertz CT molecular complexity index is 3750. The lowest BCUT2D eigenvalue weighted by atomic mass is 9.35. The molecule has 14 rings (SSSR count). The zero-order valence-electron chi connectivity index (χ0n) is 30.8. The van der Waals surface area contributed by atoms with E-state index in [1.54, 1.807) is 0 Å². The molecule has 11 aromatic carbocycles. The molecule has 2 aliphatic heterocycles. The molecule has 0 aliphatic carbocycles. The van der Waals surface area contributed by atoms with Crippen LogP contribution in [0.2, 0.25) is 0 Å². The Morgan fingerprint density at radius 3 is 1.58 bits per heavy atom. The van der Waals surface area contributed by atoms with Crippen LogP contribution in [-0.2, 0) is 0 Å². The summed E-state index contributed by atoms with van der Waals surface area (Å²) in [5.74, 6) is 0. The van der Waals surface area contributed by atoms with Crippen molar-refractivity contribution >= 4 is 121 Å². The first kappa shape index (κ1) is 30.4. The van der Waals surface area contributed by atoms with Gasteiger partial charge in [0.1, 0.15) is 0 Å². The third-order valence-electron chi connectivity index (χ3n) is 13.2. The molecule has 2 aliphatic rings. The van der Waals surface area contributed by atoms with Crippen LogP contribution >= 0.6 is 11.8 Å². The van der Waals surface area contributed by atoms with Crippen molar-refractivity contribution in [2.45, 2.75) is 9.79 Å². The van der Waals surface area contributed by atoms with Gasteiger partial charge in [0.05, 0.1) is 11.0 Å². The standard InChI is InChI=1S/C54H30BNS/c1-2-13-31(14-3-1)32-25-27-43-48(29-32)57-47-24-12-23-46-53(47)55(43)44-30-42-38-20-7-5-16-34(38)36-18-9-11-22-40(36)50(42)52-51-45(56(46)54(44)52)28-26-41-37-19-6-4-15-33(37)35-17-8-10-21-39(35)49(41)51/h1-30H. The first-order valence-corrected chi connectivity index (χ1v) is 20.7. The molecular weight excluding hydrogens is 705 g/mol. The number of benzene rings is 11. The first-order valence-electron chi connectivity index (χ1n) is 19.9. The lowest BCUT2D eigenvalue weighted by Gasteiger charge is -2.33. The van der Waals surface area contributed by atoms with Crippen LogP contribution in [-0.4, -0.2) is 11.3 Å². The molecule has 1 aromatic heterocycles. The van der Waals surface area contributed by atoms with E-state index in [0.717, 1.165) is 0 Å². The highest BCUT2D eigenvalue weighted by atomic mass is 32.2. The summed E-state index contributed by atoms with van der Waals surface area (Å²) in [5, 5.41) is 18.5. The van der Waals surface area contributed by atoms with Crippen molar-refractivity contribution in [2.24, 2.45) is 0 Å². The Labute approximate surface area is 332 Å². The number of rotatable bonds is 1. The van der Waals surface area contributed by atoms with E-state index >= 15 is 0 Å². The smallest absolute Gasteiger partial charge is 0.249 e. The lowest BCUT2D eigenvalue weighted by Crippen LogP contribution is -2.58. The summed E-state index contributed by atoms with van der Waals surface area (Å²) in [7, 11) is 0. The fraction of sp³-hybridized carbons (Fsp3) is 0. The van der Waals surface area contributed by atoms with Crippen molar-refractivity contribution in [3.8, 4) is 16.8 Å². The fourth-order valence-electron chi connectivity index (χ4n) is 10.9. The third-order valence-corrected chi connectivity index (χ3v) is 14.3. The quantitative estimate of drug-likeness (QED) is 0.120. The third kappa shape index (κ3) is 3.83. The van der Waals surface area contributed by atoms with Crippen molar-refractivity contribution in [1.82, 2.24) is 4.57 Å². The summed E-state index contributed by atoms with van der Waals surface area (Å²) < 4.78 is 2.64. The van der Waals surface area contributed by atoms with Gasteiger partial charge in [0, 0.05) is 37.0 Å². The van der Waals surface area contributed by atoms with Gasteiger partial charge >= 0.3 is 0 Å². The van der Waals surface area contributed by atoms with Gasteiger partial charge in [-0.25, -0.2) is 0 Å². The molecule has 0 radical (unpaired) electrons. The highest BCUT2D eigenvalue weighted by Crippen LogP contribution is 2.49. The number of aromatic nitrogens is 1. The highest BCUT2D eigenvalue weighted by molar-refractivity contribution is 8.00. The van der Waals surface area contributed by atoms with Crippen LogP contribution in [0, 0.1) is 0 Å². The Kier molecular flexibility index (Phi) is 5.84. The van der Waals surface area contributed by atoms with Gasteiger partial charge in [-0.1, -0.05) is 175 Å². The topological polar surface area (TPSA) is 4.93 Å². The maximum Gasteiger partial charge on any atom is 0.249 e. The predicted molar refractivity (Wildman–Crippen MR) is 246 cm³/mol. The molecule has 12 aromatic rings. The first-order chi connectivity index (χ1) is 28.3. The van der Waals surface area contributed by atoms with Crippen LogP contribution in [0.5, 0.6) is 0 Å². The van der Waals surface area contributed by atoms with Crippen LogP contribution in [0.15, 0.2) is 192 Å². The van der Waals surface area contributed by atoms with E-state index in [1.165, 1.54) is 129 Å². The van der Waals surface area contributed by atoms with E-state index in [0.29, 0.717) is 0 Å². The summed E-state index contributed by atoms with van der Waals surface area (Å²) in [6.07, 6.45) is 0. The minimum absolute atomic E-state index is 0.0926. The van der Waals surface area contributed by atoms with Gasteiger partial charge in [0.2, 0.25) is 6.71 Å². The predicted octanol–water partition coefficient (Wildman–Crippen LogP) is 12.7. The Morgan fingerprint density at radius 2 is 0.912 bits per heavy atom. The zero-order chi connectivity index (χ0) is 36.9. The normalized spacial score (nSPS) is 13.2. The molecule has 0 unspecified atom stereocenters. The second-order valence-corrected chi connectivity index (χ2v) is 16.9. The van der Waals surface area contributed by atoms with Gasteiger partial charge in [0.15, 0.2) is 0 Å². The van der Waals surface area contributed by atoms with Crippen LogP contribution in [0.3, 0.4) is 0 Å². The number of hydrogen-bond acceptors (Lipinski definition) is 1. The SMILES string of the molecule is c1ccc(-c2ccc3c(c2)Sc2cccc4c2B3c2cc3c5ccccc5c5ccccc5c3c3c5c6c7ccccc7c7ccccc7c6ccc5n-4c23)cc1. The molecule has 0 amide bonds. The molecule has 0 bridgehead atoms. The van der Waals surface area contributed by atoms with E-state index in [4.69, 9.17) is 0 Å². The summed E-state index contributed by atoms with van der Waals surface area (Å²) in [6, 6.07) is 68.7. The molecule has 260 valence electrons. The molecule has 3 heterocycles. The monoisotopic (exact) mass is 735 g/mol. The molecule has 1 nitrogen and oxygen atoms in total. The van der Waals surface area contributed by atoms with E-state index in [-0.39, 0.29) is 6.71 Å². The largest absolute Gasteiger partial charge is 0.310 e. The Hall–Kier alpha value is -6.81. The minimum Gasteiger partial charge on any atom is -0.310 e. The van der Waals surface area contributed by atoms with E-state index in [2.05, 4.69) is 187 Å². The highest BCUT2D eigenvalue weighted by Gasteiger charge is 2.40. The molecule has 0 saturated heterocycles. The maximum atomic E-state index is 2.64.